The molecule has 0 heterocycles. The number of aryl methyl sites for hydroxylation is 1. The number of carbonyl (C=O) groups excluding carboxylic acids is 1. The number of ketones is 1. The van der Waals surface area contributed by atoms with Crippen molar-refractivity contribution in [3.63, 3.8) is 0 Å². The second-order valence-corrected chi connectivity index (χ2v) is 10.4. The van der Waals surface area contributed by atoms with E-state index in [1.807, 2.05) is 6.92 Å². The van der Waals surface area contributed by atoms with Gasteiger partial charge in [0, 0.05) is 11.1 Å². The van der Waals surface area contributed by atoms with Crippen molar-refractivity contribution < 1.29 is 21.6 Å². The fourth-order valence-corrected chi connectivity index (χ4v) is 5.25. The summed E-state index contributed by atoms with van der Waals surface area (Å²) in [7, 11) is -8.16. The Labute approximate surface area is 186 Å². The molecule has 1 aliphatic rings. The molecule has 1 N–H and O–H groups in total. The molecule has 1 aliphatic carbocycles. The van der Waals surface area contributed by atoms with Gasteiger partial charge in [-0.15, -0.1) is 0 Å². The first-order chi connectivity index (χ1) is 15.2. The van der Waals surface area contributed by atoms with Gasteiger partial charge in [-0.1, -0.05) is 60.2 Å². The summed E-state index contributed by atoms with van der Waals surface area (Å²) in [6.45, 7) is 1.83. The third kappa shape index (κ3) is 4.25. The molecule has 0 radical (unpaired) electrons. The zero-order valence-electron chi connectivity index (χ0n) is 16.9. The minimum absolute atomic E-state index is 0.00945. The summed E-state index contributed by atoms with van der Waals surface area (Å²) in [5.41, 5.74) is 1.02. The molecular weight excluding hydrogens is 448 g/mol. The Bertz CT molecular complexity index is 1470. The molecule has 7 nitrogen and oxygen atoms in total. The van der Waals surface area contributed by atoms with Crippen LogP contribution in [-0.4, -0.2) is 28.3 Å². The Balaban J connectivity index is 1.82. The van der Waals surface area contributed by atoms with E-state index < -0.39 is 25.8 Å². The molecule has 0 spiro atoms. The molecule has 0 aromatic heterocycles. The van der Waals surface area contributed by atoms with E-state index in [1.165, 1.54) is 30.3 Å². The fourth-order valence-electron chi connectivity index (χ4n) is 3.18. The van der Waals surface area contributed by atoms with Gasteiger partial charge >= 0.3 is 0 Å². The number of hydrogen-bond donors (Lipinski definition) is 1. The van der Waals surface area contributed by atoms with E-state index in [-0.39, 0.29) is 26.8 Å². The van der Waals surface area contributed by atoms with Crippen LogP contribution in [0.15, 0.2) is 105 Å². The van der Waals surface area contributed by atoms with Crippen molar-refractivity contribution in [1.82, 2.24) is 4.72 Å². The highest BCUT2D eigenvalue weighted by Crippen LogP contribution is 2.24. The Morgan fingerprint density at radius 3 is 1.97 bits per heavy atom. The van der Waals surface area contributed by atoms with Gasteiger partial charge in [0.15, 0.2) is 0 Å². The Morgan fingerprint density at radius 1 is 0.719 bits per heavy atom. The van der Waals surface area contributed by atoms with Gasteiger partial charge in [-0.2, -0.15) is 12.8 Å². The predicted octanol–water partition coefficient (Wildman–Crippen LogP) is 3.23. The zero-order chi connectivity index (χ0) is 22.9. The summed E-state index contributed by atoms with van der Waals surface area (Å²) in [6.07, 6.45) is 1.15. The highest BCUT2D eigenvalue weighted by Gasteiger charge is 2.29. The Kier molecular flexibility index (Phi) is 5.53. The van der Waals surface area contributed by atoms with Crippen molar-refractivity contribution in [3.8, 4) is 0 Å². The molecule has 4 rings (SSSR count). The first kappa shape index (κ1) is 21.7. The molecule has 0 atom stereocenters. The second kappa shape index (κ2) is 8.18. The van der Waals surface area contributed by atoms with Gasteiger partial charge in [-0.25, -0.2) is 8.42 Å². The van der Waals surface area contributed by atoms with Gasteiger partial charge in [-0.3, -0.25) is 9.52 Å². The molecule has 162 valence electrons. The molecule has 3 aromatic rings. The Hall–Kier alpha value is -3.56. The van der Waals surface area contributed by atoms with Crippen LogP contribution in [0, 0.1) is 6.92 Å². The summed E-state index contributed by atoms with van der Waals surface area (Å²) in [5.74, 6) is -0.577. The lowest BCUT2D eigenvalue weighted by Gasteiger charge is -2.18. The highest BCUT2D eigenvalue weighted by atomic mass is 32.2. The predicted molar refractivity (Wildman–Crippen MR) is 121 cm³/mol. The number of Topliss-reactive ketones (excluding diaryl/α,β-unsaturated/α-hetero) is 1. The largest absolute Gasteiger partial charge is 0.287 e. The standard InChI is InChI=1S/C23H18N2O5S2/c1-16-11-13-18(14-12-16)32(29,30)24-21-15-22(23(26)20-10-6-5-9-19(20)21)25-31(27,28)17-7-3-2-4-8-17/h2-15,25H,1H3. The van der Waals surface area contributed by atoms with Crippen molar-refractivity contribution in [2.75, 3.05) is 0 Å². The van der Waals surface area contributed by atoms with Gasteiger partial charge in [-0.05, 0) is 37.3 Å². The minimum atomic E-state index is -4.10. The number of rotatable bonds is 5. The third-order valence-electron chi connectivity index (χ3n) is 4.81. The summed E-state index contributed by atoms with van der Waals surface area (Å²) in [6, 6.07) is 20.1. The van der Waals surface area contributed by atoms with E-state index in [9.17, 15) is 21.6 Å². The number of nitrogens with one attached hydrogen (secondary N) is 1. The third-order valence-corrected chi connectivity index (χ3v) is 7.49. The van der Waals surface area contributed by atoms with E-state index in [2.05, 4.69) is 9.12 Å². The molecule has 0 saturated heterocycles. The molecule has 9 heteroatoms. The topological polar surface area (TPSA) is 110 Å². The van der Waals surface area contributed by atoms with Crippen LogP contribution in [0.25, 0.3) is 0 Å². The van der Waals surface area contributed by atoms with Crippen LogP contribution in [0.1, 0.15) is 21.5 Å². The van der Waals surface area contributed by atoms with E-state index in [0.717, 1.165) is 11.6 Å². The van der Waals surface area contributed by atoms with Crippen molar-refractivity contribution in [2.24, 2.45) is 4.40 Å². The summed E-state index contributed by atoms with van der Waals surface area (Å²) >= 11 is 0. The highest BCUT2D eigenvalue weighted by molar-refractivity contribution is 7.90. The zero-order valence-corrected chi connectivity index (χ0v) is 18.5. The number of fused-ring (bicyclic) bond motifs is 1. The van der Waals surface area contributed by atoms with Crippen molar-refractivity contribution in [3.05, 3.63) is 107 Å². The molecule has 0 amide bonds. The van der Waals surface area contributed by atoms with Crippen molar-refractivity contribution >= 4 is 31.5 Å². The number of allylic oxidation sites excluding steroid dienone is 2. The number of carbonyl (C=O) groups is 1. The van der Waals surface area contributed by atoms with E-state index >= 15 is 0 Å². The smallest absolute Gasteiger partial charge is 0.282 e. The molecular formula is C23H18N2O5S2. The maximum atomic E-state index is 12.9. The summed E-state index contributed by atoms with van der Waals surface area (Å²) in [4.78, 5) is 12.9. The van der Waals surface area contributed by atoms with Crippen molar-refractivity contribution in [2.45, 2.75) is 16.7 Å². The molecule has 0 saturated carbocycles. The maximum Gasteiger partial charge on any atom is 0.282 e. The molecule has 32 heavy (non-hydrogen) atoms. The Morgan fingerprint density at radius 2 is 1.31 bits per heavy atom. The number of nitrogens with zero attached hydrogens (tertiary/aromatic N) is 1. The number of benzene rings is 3. The molecule has 0 bridgehead atoms. The SMILES string of the molecule is Cc1ccc(S(=O)(=O)N=C2C=C(NS(=O)(=O)c3ccccc3)C(=O)c3ccccc32)cc1. The quantitative estimate of drug-likeness (QED) is 0.621. The normalized spacial score (nSPS) is 15.2. The van der Waals surface area contributed by atoms with Crippen molar-refractivity contribution in [1.29, 1.82) is 0 Å². The molecule has 0 fully saturated rings. The minimum Gasteiger partial charge on any atom is -0.287 e. The summed E-state index contributed by atoms with van der Waals surface area (Å²) < 4.78 is 57.4. The lowest BCUT2D eigenvalue weighted by atomic mass is 9.93. The van der Waals surface area contributed by atoms with Gasteiger partial charge in [0.05, 0.1) is 21.2 Å². The first-order valence-corrected chi connectivity index (χ1v) is 12.4. The van der Waals surface area contributed by atoms with Gasteiger partial charge in [0.1, 0.15) is 0 Å². The van der Waals surface area contributed by atoms with Crippen LogP contribution >= 0.6 is 0 Å². The lowest BCUT2D eigenvalue weighted by Crippen LogP contribution is -2.31. The fraction of sp³-hybridized carbons (Fsp3) is 0.0435. The van der Waals surface area contributed by atoms with Gasteiger partial charge < -0.3 is 0 Å². The van der Waals surface area contributed by atoms with Crippen LogP contribution in [0.5, 0.6) is 0 Å². The van der Waals surface area contributed by atoms with E-state index in [4.69, 9.17) is 0 Å². The number of sulfonamides is 2. The van der Waals surface area contributed by atoms with Crippen LogP contribution < -0.4 is 4.72 Å². The monoisotopic (exact) mass is 466 g/mol. The number of hydrogen-bond acceptors (Lipinski definition) is 5. The summed E-state index contributed by atoms with van der Waals surface area (Å²) in [5, 5.41) is 0. The van der Waals surface area contributed by atoms with Crippen LogP contribution in [0.3, 0.4) is 0 Å². The second-order valence-electron chi connectivity index (χ2n) is 7.12. The average molecular weight is 467 g/mol. The average Bonchev–Trinajstić information content (AvgIpc) is 2.77. The molecule has 0 aliphatic heterocycles. The maximum absolute atomic E-state index is 12.9. The van der Waals surface area contributed by atoms with E-state index in [1.54, 1.807) is 48.5 Å². The first-order valence-electron chi connectivity index (χ1n) is 9.53. The van der Waals surface area contributed by atoms with E-state index in [0.29, 0.717) is 5.56 Å². The molecule has 0 unspecified atom stereocenters. The van der Waals surface area contributed by atoms with Crippen LogP contribution in [0.4, 0.5) is 0 Å². The van der Waals surface area contributed by atoms with Gasteiger partial charge in [0.2, 0.25) is 5.78 Å². The lowest BCUT2D eigenvalue weighted by molar-refractivity contribution is 0.102. The molecule has 3 aromatic carbocycles. The van der Waals surface area contributed by atoms with Crippen LogP contribution in [0.2, 0.25) is 0 Å². The van der Waals surface area contributed by atoms with Gasteiger partial charge in [0.25, 0.3) is 20.0 Å². The van der Waals surface area contributed by atoms with Crippen LogP contribution in [-0.2, 0) is 20.0 Å².